The van der Waals surface area contributed by atoms with E-state index in [4.69, 9.17) is 4.74 Å². The molecule has 2 heterocycles. The largest absolute Gasteiger partial charge is 0.382 e. The van der Waals surface area contributed by atoms with Gasteiger partial charge >= 0.3 is 0 Å². The van der Waals surface area contributed by atoms with Gasteiger partial charge in [0.2, 0.25) is 0 Å². The lowest BCUT2D eigenvalue weighted by atomic mass is 10.1. The van der Waals surface area contributed by atoms with Crippen LogP contribution in [0.3, 0.4) is 0 Å². The number of rotatable bonds is 5. The van der Waals surface area contributed by atoms with E-state index in [1.165, 1.54) is 22.6 Å². The van der Waals surface area contributed by atoms with Gasteiger partial charge in [0.1, 0.15) is 0 Å². The van der Waals surface area contributed by atoms with Crippen LogP contribution >= 0.6 is 11.8 Å². The molecule has 6 heteroatoms. The molecule has 0 amide bonds. The van der Waals surface area contributed by atoms with Gasteiger partial charge in [-0.1, -0.05) is 30.0 Å². The van der Waals surface area contributed by atoms with Crippen molar-refractivity contribution in [3.05, 3.63) is 53.3 Å². The van der Waals surface area contributed by atoms with E-state index in [0.29, 0.717) is 6.61 Å². The summed E-state index contributed by atoms with van der Waals surface area (Å²) in [6, 6.07) is 12.7. The zero-order chi connectivity index (χ0) is 17.8. The Bertz CT molecular complexity index is 795. The number of aryl methyl sites for hydroxylation is 1. The van der Waals surface area contributed by atoms with Crippen molar-refractivity contribution in [3.8, 4) is 5.69 Å². The molecule has 25 heavy (non-hydrogen) atoms. The lowest BCUT2D eigenvalue weighted by molar-refractivity contribution is 0.186. The van der Waals surface area contributed by atoms with Crippen molar-refractivity contribution in [1.29, 1.82) is 0 Å². The molecule has 1 aromatic heterocycles. The van der Waals surface area contributed by atoms with Crippen molar-refractivity contribution >= 4 is 22.6 Å². The zero-order valence-electron chi connectivity index (χ0n) is 15.1. The van der Waals surface area contributed by atoms with E-state index >= 15 is 0 Å². The number of hydrogen-bond acceptors (Lipinski definition) is 4. The topological polar surface area (TPSA) is 50.9 Å². The number of aliphatic imine (C=N–C) groups is 1. The van der Waals surface area contributed by atoms with Crippen LogP contribution in [0, 0.1) is 13.8 Å². The quantitative estimate of drug-likeness (QED) is 0.892. The average molecular weight is 356 g/mol. The van der Waals surface area contributed by atoms with Crippen LogP contribution in [0.2, 0.25) is 0 Å². The average Bonchev–Trinajstić information content (AvgIpc) is 2.91. The molecule has 1 atom stereocenters. The summed E-state index contributed by atoms with van der Waals surface area (Å²) in [5.41, 5.74) is 8.92. The fourth-order valence-corrected chi connectivity index (χ4v) is 3.89. The number of hydrazone groups is 1. The van der Waals surface area contributed by atoms with Gasteiger partial charge in [0, 0.05) is 35.5 Å². The summed E-state index contributed by atoms with van der Waals surface area (Å²) >= 11 is 1.68. The lowest BCUT2D eigenvalue weighted by Gasteiger charge is -2.16. The number of ether oxygens (including phenoxy) is 1. The molecule has 1 N–H and O–H groups in total. The first-order chi connectivity index (χ1) is 12.1. The highest BCUT2D eigenvalue weighted by molar-refractivity contribution is 8.14. The monoisotopic (exact) mass is 356 g/mol. The molecule has 1 aromatic carbocycles. The van der Waals surface area contributed by atoms with Crippen molar-refractivity contribution in [2.75, 3.05) is 19.5 Å². The fourth-order valence-electron chi connectivity index (χ4n) is 3.03. The van der Waals surface area contributed by atoms with Gasteiger partial charge in [0.25, 0.3) is 0 Å². The molecule has 5 nitrogen and oxygen atoms in total. The van der Waals surface area contributed by atoms with Gasteiger partial charge in [0.05, 0.1) is 18.4 Å². The van der Waals surface area contributed by atoms with Gasteiger partial charge < -0.3 is 9.30 Å². The molecule has 0 aliphatic carbocycles. The maximum atomic E-state index is 5.13. The second-order valence-corrected chi connectivity index (χ2v) is 7.12. The highest BCUT2D eigenvalue weighted by atomic mass is 32.2. The van der Waals surface area contributed by atoms with Crippen molar-refractivity contribution in [2.45, 2.75) is 26.8 Å². The summed E-state index contributed by atoms with van der Waals surface area (Å²) in [7, 11) is 1.69. The number of amidine groups is 1. The molecule has 1 aliphatic rings. The van der Waals surface area contributed by atoms with Gasteiger partial charge in [-0.25, -0.2) is 0 Å². The highest BCUT2D eigenvalue weighted by Gasteiger charge is 2.19. The maximum absolute atomic E-state index is 5.13. The minimum Gasteiger partial charge on any atom is -0.382 e. The number of nitrogens with one attached hydrogen (secondary N) is 1. The Labute approximate surface area is 153 Å². The third-order valence-electron chi connectivity index (χ3n) is 4.13. The Balaban J connectivity index is 1.83. The number of aromatic nitrogens is 1. The van der Waals surface area contributed by atoms with Crippen LogP contribution in [0.25, 0.3) is 5.69 Å². The summed E-state index contributed by atoms with van der Waals surface area (Å²) in [5, 5.41) is 5.42. The summed E-state index contributed by atoms with van der Waals surface area (Å²) < 4.78 is 7.40. The van der Waals surface area contributed by atoms with Crippen molar-refractivity contribution in [1.82, 2.24) is 9.99 Å². The Morgan fingerprint density at radius 1 is 1.32 bits per heavy atom. The first-order valence-corrected chi connectivity index (χ1v) is 9.35. The molecule has 0 saturated heterocycles. The van der Waals surface area contributed by atoms with Crippen LogP contribution in [0.4, 0.5) is 0 Å². The predicted octanol–water partition coefficient (Wildman–Crippen LogP) is 3.53. The van der Waals surface area contributed by atoms with E-state index in [2.05, 4.69) is 64.3 Å². The molecule has 1 aliphatic heterocycles. The molecule has 2 aromatic rings. The number of nitrogens with zero attached hydrogens (tertiary/aromatic N) is 3. The second kappa shape index (κ2) is 7.89. The Morgan fingerprint density at radius 3 is 2.72 bits per heavy atom. The van der Waals surface area contributed by atoms with Gasteiger partial charge in [0.15, 0.2) is 5.17 Å². The molecule has 132 valence electrons. The predicted molar refractivity (Wildman–Crippen MR) is 106 cm³/mol. The number of para-hydroxylation sites is 1. The van der Waals surface area contributed by atoms with Crippen LogP contribution in [-0.4, -0.2) is 41.0 Å². The number of benzene rings is 1. The van der Waals surface area contributed by atoms with Crippen LogP contribution in [0.15, 0.2) is 46.5 Å². The SMILES string of the molecule is COC[C@@H](C)N=C1NN=C(c2cc(C)n(-c3ccccc3)c2C)CS1. The molecular formula is C19H24N4OS. The van der Waals surface area contributed by atoms with E-state index in [1.807, 2.05) is 13.0 Å². The number of methoxy groups -OCH3 is 1. The maximum Gasteiger partial charge on any atom is 0.177 e. The Morgan fingerprint density at radius 2 is 2.08 bits per heavy atom. The lowest BCUT2D eigenvalue weighted by Crippen LogP contribution is -2.27. The molecule has 0 fully saturated rings. The van der Waals surface area contributed by atoms with E-state index in [1.54, 1.807) is 18.9 Å². The number of thioether (sulfide) groups is 1. The van der Waals surface area contributed by atoms with Crippen LogP contribution < -0.4 is 5.43 Å². The smallest absolute Gasteiger partial charge is 0.177 e. The summed E-state index contributed by atoms with van der Waals surface area (Å²) in [5.74, 6) is 0.810. The van der Waals surface area contributed by atoms with Gasteiger partial charge in [-0.2, -0.15) is 5.10 Å². The van der Waals surface area contributed by atoms with Crippen LogP contribution in [0.5, 0.6) is 0 Å². The molecular weight excluding hydrogens is 332 g/mol. The molecule has 0 spiro atoms. The number of hydrogen-bond donors (Lipinski definition) is 1. The van der Waals surface area contributed by atoms with E-state index in [9.17, 15) is 0 Å². The van der Waals surface area contributed by atoms with Crippen LogP contribution in [-0.2, 0) is 4.74 Å². The molecule has 0 unspecified atom stereocenters. The second-order valence-electron chi connectivity index (χ2n) is 6.15. The molecule has 0 bridgehead atoms. The van der Waals surface area contributed by atoms with Crippen molar-refractivity contribution < 1.29 is 4.74 Å². The summed E-state index contributed by atoms with van der Waals surface area (Å²) in [6.45, 7) is 6.92. The fraction of sp³-hybridized carbons (Fsp3) is 0.368. The third kappa shape index (κ3) is 3.96. The summed E-state index contributed by atoms with van der Waals surface area (Å²) in [6.07, 6.45) is 0. The van der Waals surface area contributed by atoms with Crippen LogP contribution in [0.1, 0.15) is 23.9 Å². The zero-order valence-corrected chi connectivity index (χ0v) is 15.9. The third-order valence-corrected chi connectivity index (χ3v) is 5.02. The van der Waals surface area contributed by atoms with Gasteiger partial charge in [-0.15, -0.1) is 0 Å². The van der Waals surface area contributed by atoms with E-state index in [0.717, 1.165) is 16.6 Å². The standard InChI is InChI=1S/C19H24N4OS/c1-13(11-24-4)20-19-22-21-18(12-25-19)17-10-14(2)23(15(17)3)16-8-6-5-7-9-16/h5-10,13H,11-12H2,1-4H3,(H,20,22)/t13-/m1/s1. The summed E-state index contributed by atoms with van der Waals surface area (Å²) in [4.78, 5) is 4.58. The Hall–Kier alpha value is -2.05. The van der Waals surface area contributed by atoms with Gasteiger partial charge in [-0.05, 0) is 39.0 Å². The molecule has 0 saturated carbocycles. The highest BCUT2D eigenvalue weighted by Crippen LogP contribution is 2.24. The first-order valence-electron chi connectivity index (χ1n) is 8.37. The minimum absolute atomic E-state index is 0.125. The minimum atomic E-state index is 0.125. The van der Waals surface area contributed by atoms with E-state index in [-0.39, 0.29) is 6.04 Å². The van der Waals surface area contributed by atoms with Gasteiger partial charge in [-0.3, -0.25) is 10.4 Å². The normalized spacial score (nSPS) is 17.3. The van der Waals surface area contributed by atoms with E-state index < -0.39 is 0 Å². The van der Waals surface area contributed by atoms with Crippen molar-refractivity contribution in [2.24, 2.45) is 10.1 Å². The molecule has 3 rings (SSSR count). The Kier molecular flexibility index (Phi) is 5.60. The van der Waals surface area contributed by atoms with Crippen molar-refractivity contribution in [3.63, 3.8) is 0 Å². The first kappa shape index (κ1) is 17.8. The molecule has 0 radical (unpaired) electrons.